The average Bonchev–Trinajstić information content (AvgIpc) is 2.09. The van der Waals surface area contributed by atoms with E-state index in [-0.39, 0.29) is 0 Å². The van der Waals surface area contributed by atoms with E-state index in [0.29, 0.717) is 24.3 Å². The fourth-order valence-electron chi connectivity index (χ4n) is 2.04. The Kier molecular flexibility index (Phi) is 3.53. The van der Waals surface area contributed by atoms with Crippen LogP contribution in [0.15, 0.2) is 0 Å². The Hall–Kier alpha value is -0.0800. The van der Waals surface area contributed by atoms with E-state index in [1.807, 2.05) is 0 Å². The molecular weight excluding hydrogens is 150 g/mol. The van der Waals surface area contributed by atoms with Crippen LogP contribution in [0.3, 0.4) is 0 Å². The summed E-state index contributed by atoms with van der Waals surface area (Å²) in [5, 5.41) is 3.55. The van der Waals surface area contributed by atoms with Gasteiger partial charge in [-0.15, -0.1) is 0 Å². The van der Waals surface area contributed by atoms with Gasteiger partial charge in [-0.05, 0) is 33.6 Å². The van der Waals surface area contributed by atoms with Gasteiger partial charge in [0.1, 0.15) is 0 Å². The highest BCUT2D eigenvalue weighted by Gasteiger charge is 2.25. The van der Waals surface area contributed by atoms with Gasteiger partial charge >= 0.3 is 0 Å². The minimum atomic E-state index is 0.393. The molecule has 1 saturated heterocycles. The molecule has 1 N–H and O–H groups in total. The van der Waals surface area contributed by atoms with Crippen molar-refractivity contribution in [2.45, 2.75) is 64.8 Å². The minimum absolute atomic E-state index is 0.393. The SMILES string of the molecule is CCC1OC(C)CC(C)NC1C. The van der Waals surface area contributed by atoms with E-state index in [2.05, 4.69) is 33.0 Å². The maximum atomic E-state index is 5.88. The Morgan fingerprint density at radius 1 is 1.33 bits per heavy atom. The molecule has 0 aromatic carbocycles. The molecule has 12 heavy (non-hydrogen) atoms. The van der Waals surface area contributed by atoms with Crippen molar-refractivity contribution in [3.05, 3.63) is 0 Å². The summed E-state index contributed by atoms with van der Waals surface area (Å²) in [4.78, 5) is 0. The summed E-state index contributed by atoms with van der Waals surface area (Å²) in [5.41, 5.74) is 0. The van der Waals surface area contributed by atoms with Gasteiger partial charge in [0.25, 0.3) is 0 Å². The second kappa shape index (κ2) is 4.24. The van der Waals surface area contributed by atoms with E-state index in [1.165, 1.54) is 0 Å². The van der Waals surface area contributed by atoms with Gasteiger partial charge in [-0.3, -0.25) is 0 Å². The van der Waals surface area contributed by atoms with Crippen molar-refractivity contribution >= 4 is 0 Å². The van der Waals surface area contributed by atoms with E-state index in [0.717, 1.165) is 12.8 Å². The van der Waals surface area contributed by atoms with E-state index < -0.39 is 0 Å². The maximum Gasteiger partial charge on any atom is 0.0726 e. The molecule has 0 aliphatic carbocycles. The number of nitrogens with one attached hydrogen (secondary N) is 1. The summed E-state index contributed by atoms with van der Waals surface area (Å²) in [5.74, 6) is 0. The molecule has 1 rings (SSSR count). The van der Waals surface area contributed by atoms with Crippen LogP contribution >= 0.6 is 0 Å². The standard InChI is InChI=1S/C10H21NO/c1-5-10-9(4)11-7(2)6-8(3)12-10/h7-11H,5-6H2,1-4H3. The first kappa shape index (κ1) is 10.0. The molecule has 0 saturated carbocycles. The molecule has 1 fully saturated rings. The summed E-state index contributed by atoms with van der Waals surface area (Å²) < 4.78 is 5.88. The number of hydrogen-bond donors (Lipinski definition) is 1. The average molecular weight is 171 g/mol. The second-order valence-electron chi connectivity index (χ2n) is 3.99. The predicted molar refractivity (Wildman–Crippen MR) is 51.3 cm³/mol. The molecule has 1 heterocycles. The van der Waals surface area contributed by atoms with Crippen molar-refractivity contribution in [2.24, 2.45) is 0 Å². The van der Waals surface area contributed by atoms with Crippen molar-refractivity contribution in [1.29, 1.82) is 0 Å². The van der Waals surface area contributed by atoms with Crippen molar-refractivity contribution < 1.29 is 4.74 Å². The third-order valence-corrected chi connectivity index (χ3v) is 2.60. The number of ether oxygens (including phenoxy) is 1. The van der Waals surface area contributed by atoms with Crippen molar-refractivity contribution in [3.8, 4) is 0 Å². The van der Waals surface area contributed by atoms with Gasteiger partial charge in [-0.1, -0.05) is 6.92 Å². The lowest BCUT2D eigenvalue weighted by molar-refractivity contribution is -0.00789. The zero-order valence-corrected chi connectivity index (χ0v) is 8.63. The second-order valence-corrected chi connectivity index (χ2v) is 3.99. The van der Waals surface area contributed by atoms with Gasteiger partial charge in [0.15, 0.2) is 0 Å². The quantitative estimate of drug-likeness (QED) is 0.651. The van der Waals surface area contributed by atoms with Crippen molar-refractivity contribution in [2.75, 3.05) is 0 Å². The molecule has 1 aliphatic heterocycles. The topological polar surface area (TPSA) is 21.3 Å². The van der Waals surface area contributed by atoms with Crippen LogP contribution < -0.4 is 5.32 Å². The molecule has 2 nitrogen and oxygen atoms in total. The summed E-state index contributed by atoms with van der Waals surface area (Å²) in [6.07, 6.45) is 3.03. The molecule has 0 spiro atoms. The lowest BCUT2D eigenvalue weighted by Gasteiger charge is -2.22. The highest BCUT2D eigenvalue weighted by atomic mass is 16.5. The summed E-state index contributed by atoms with van der Waals surface area (Å²) >= 11 is 0. The van der Waals surface area contributed by atoms with Crippen LogP contribution in [0.1, 0.15) is 40.5 Å². The smallest absolute Gasteiger partial charge is 0.0726 e. The molecule has 0 bridgehead atoms. The van der Waals surface area contributed by atoms with Crippen molar-refractivity contribution in [1.82, 2.24) is 5.32 Å². The zero-order valence-electron chi connectivity index (χ0n) is 8.63. The predicted octanol–water partition coefficient (Wildman–Crippen LogP) is 1.94. The first-order valence-electron chi connectivity index (χ1n) is 5.05. The molecule has 4 atom stereocenters. The third kappa shape index (κ3) is 2.46. The molecule has 2 heteroatoms. The van der Waals surface area contributed by atoms with Gasteiger partial charge < -0.3 is 10.1 Å². The highest BCUT2D eigenvalue weighted by Crippen LogP contribution is 2.16. The largest absolute Gasteiger partial charge is 0.374 e. The maximum absolute atomic E-state index is 5.88. The Morgan fingerprint density at radius 2 is 2.00 bits per heavy atom. The molecule has 1 aliphatic rings. The van der Waals surface area contributed by atoms with Crippen LogP contribution in [0.5, 0.6) is 0 Å². The van der Waals surface area contributed by atoms with Crippen LogP contribution in [0, 0.1) is 0 Å². The van der Waals surface area contributed by atoms with Gasteiger partial charge in [-0.2, -0.15) is 0 Å². The fraction of sp³-hybridized carbons (Fsp3) is 1.00. The lowest BCUT2D eigenvalue weighted by Crippen LogP contribution is -2.40. The van der Waals surface area contributed by atoms with Crippen molar-refractivity contribution in [3.63, 3.8) is 0 Å². The van der Waals surface area contributed by atoms with E-state index in [4.69, 9.17) is 4.74 Å². The van der Waals surface area contributed by atoms with Crippen LogP contribution in [-0.2, 0) is 4.74 Å². The monoisotopic (exact) mass is 171 g/mol. The molecule has 72 valence electrons. The first-order chi connectivity index (χ1) is 5.63. The molecular formula is C10H21NO. The van der Waals surface area contributed by atoms with Crippen LogP contribution in [-0.4, -0.2) is 24.3 Å². The Labute approximate surface area is 75.7 Å². The van der Waals surface area contributed by atoms with Gasteiger partial charge in [0, 0.05) is 12.1 Å². The van der Waals surface area contributed by atoms with Crippen LogP contribution in [0.25, 0.3) is 0 Å². The Bertz CT molecular complexity index is 138. The Morgan fingerprint density at radius 3 is 2.58 bits per heavy atom. The number of hydrogen-bond acceptors (Lipinski definition) is 2. The summed E-state index contributed by atoms with van der Waals surface area (Å²) in [6.45, 7) is 8.79. The normalized spacial score (nSPS) is 44.0. The minimum Gasteiger partial charge on any atom is -0.374 e. The van der Waals surface area contributed by atoms with Gasteiger partial charge in [0.2, 0.25) is 0 Å². The van der Waals surface area contributed by atoms with Gasteiger partial charge in [0.05, 0.1) is 12.2 Å². The fourth-order valence-corrected chi connectivity index (χ4v) is 2.04. The summed E-state index contributed by atoms with van der Waals surface area (Å²) in [6, 6.07) is 1.08. The molecule has 0 amide bonds. The highest BCUT2D eigenvalue weighted by molar-refractivity contribution is 4.80. The van der Waals surface area contributed by atoms with E-state index in [9.17, 15) is 0 Å². The van der Waals surface area contributed by atoms with Crippen LogP contribution in [0.4, 0.5) is 0 Å². The molecule has 0 radical (unpaired) electrons. The lowest BCUT2D eigenvalue weighted by atomic mass is 10.1. The molecule has 4 unspecified atom stereocenters. The Balaban J connectivity index is 2.54. The van der Waals surface area contributed by atoms with Gasteiger partial charge in [-0.25, -0.2) is 0 Å². The first-order valence-corrected chi connectivity index (χ1v) is 5.05. The molecule has 0 aromatic rings. The van der Waals surface area contributed by atoms with E-state index >= 15 is 0 Å². The van der Waals surface area contributed by atoms with Crippen LogP contribution in [0.2, 0.25) is 0 Å². The summed E-state index contributed by atoms with van der Waals surface area (Å²) in [7, 11) is 0. The number of rotatable bonds is 1. The zero-order chi connectivity index (χ0) is 9.14. The molecule has 0 aromatic heterocycles. The third-order valence-electron chi connectivity index (χ3n) is 2.60. The van der Waals surface area contributed by atoms with E-state index in [1.54, 1.807) is 0 Å².